The number of benzene rings is 2. The van der Waals surface area contributed by atoms with Gasteiger partial charge in [-0.3, -0.25) is 0 Å². The van der Waals surface area contributed by atoms with Gasteiger partial charge in [0.1, 0.15) is 0 Å². The van der Waals surface area contributed by atoms with Crippen LogP contribution in [0.15, 0.2) is 54.6 Å². The molecule has 1 nitrogen and oxygen atoms in total. The molecule has 0 unspecified atom stereocenters. The smallest absolute Gasteiger partial charge is 0.0486 e. The van der Waals surface area contributed by atoms with Crippen molar-refractivity contribution in [3.8, 4) is 0 Å². The number of fused-ring (bicyclic) bond motifs is 1. The second kappa shape index (κ2) is 5.31. The Hall–Kier alpha value is -2.02. The van der Waals surface area contributed by atoms with E-state index in [0.29, 0.717) is 0 Å². The number of rotatable bonds is 3. The van der Waals surface area contributed by atoms with Gasteiger partial charge >= 0.3 is 0 Å². The van der Waals surface area contributed by atoms with Gasteiger partial charge in [-0.25, -0.2) is 0 Å². The van der Waals surface area contributed by atoms with Gasteiger partial charge in [0.15, 0.2) is 0 Å². The van der Waals surface area contributed by atoms with E-state index in [-0.39, 0.29) is 0 Å². The average Bonchev–Trinajstić information content (AvgIpc) is 2.49. The van der Waals surface area contributed by atoms with Gasteiger partial charge in [0.2, 0.25) is 0 Å². The molecule has 1 aliphatic rings. The van der Waals surface area contributed by atoms with Gasteiger partial charge in [-0.2, -0.15) is 0 Å². The molecule has 0 aromatic heterocycles. The molecule has 0 saturated carbocycles. The monoisotopic (exact) mass is 249 g/mol. The summed E-state index contributed by atoms with van der Waals surface area (Å²) in [6.45, 7) is 3.19. The molecule has 2 aromatic rings. The molecular weight excluding hydrogens is 230 g/mol. The van der Waals surface area contributed by atoms with E-state index in [1.54, 1.807) is 0 Å². The number of anilines is 2. The molecule has 0 spiro atoms. The van der Waals surface area contributed by atoms with Crippen molar-refractivity contribution in [2.24, 2.45) is 0 Å². The van der Waals surface area contributed by atoms with Crippen molar-refractivity contribution in [1.82, 2.24) is 0 Å². The Bertz CT molecular complexity index is 584. The zero-order valence-corrected chi connectivity index (χ0v) is 11.3. The predicted molar refractivity (Wildman–Crippen MR) is 82.9 cm³/mol. The van der Waals surface area contributed by atoms with Crippen LogP contribution in [0.3, 0.4) is 0 Å². The van der Waals surface area contributed by atoms with Crippen LogP contribution in [0.1, 0.15) is 24.5 Å². The number of nitrogens with zero attached hydrogens (tertiary/aromatic N) is 1. The summed E-state index contributed by atoms with van der Waals surface area (Å²) in [6.07, 6.45) is 6.88. The standard InChI is InChI=1S/C18H19N/c1-2-19(16-11-4-3-5-12-16)18-14-8-10-15-9-6-7-13-17(15)18/h3-5,7-8,10-14H,2,6,9H2,1H3. The first-order valence-corrected chi connectivity index (χ1v) is 7.01. The maximum Gasteiger partial charge on any atom is 0.0486 e. The van der Waals surface area contributed by atoms with E-state index in [1.807, 2.05) is 0 Å². The zero-order chi connectivity index (χ0) is 13.1. The third kappa shape index (κ3) is 2.28. The maximum absolute atomic E-state index is 2.38. The fourth-order valence-electron chi connectivity index (χ4n) is 2.79. The molecule has 19 heavy (non-hydrogen) atoms. The van der Waals surface area contributed by atoms with Crippen LogP contribution in [0.2, 0.25) is 0 Å². The van der Waals surface area contributed by atoms with E-state index in [9.17, 15) is 0 Å². The van der Waals surface area contributed by atoms with Crippen molar-refractivity contribution < 1.29 is 0 Å². The Morgan fingerprint density at radius 1 is 1.00 bits per heavy atom. The van der Waals surface area contributed by atoms with Crippen molar-refractivity contribution >= 4 is 17.5 Å². The third-order valence-corrected chi connectivity index (χ3v) is 3.71. The van der Waals surface area contributed by atoms with Crippen LogP contribution < -0.4 is 4.90 Å². The highest BCUT2D eigenvalue weighted by Crippen LogP contribution is 2.33. The van der Waals surface area contributed by atoms with E-state index in [1.165, 1.54) is 22.5 Å². The highest BCUT2D eigenvalue weighted by Gasteiger charge is 2.14. The molecule has 0 aliphatic heterocycles. The summed E-state index contributed by atoms with van der Waals surface area (Å²) in [5, 5.41) is 0. The molecule has 0 N–H and O–H groups in total. The molecular formula is C18H19N. The van der Waals surface area contributed by atoms with Crippen LogP contribution in [0.25, 0.3) is 6.08 Å². The summed E-state index contributed by atoms with van der Waals surface area (Å²) in [7, 11) is 0. The third-order valence-electron chi connectivity index (χ3n) is 3.71. The van der Waals surface area contributed by atoms with Gasteiger partial charge in [0, 0.05) is 23.5 Å². The maximum atomic E-state index is 2.38. The van der Waals surface area contributed by atoms with E-state index in [4.69, 9.17) is 0 Å². The summed E-state index contributed by atoms with van der Waals surface area (Å²) < 4.78 is 0. The topological polar surface area (TPSA) is 3.24 Å². The number of allylic oxidation sites excluding steroid dienone is 1. The normalized spacial score (nSPS) is 13.1. The minimum Gasteiger partial charge on any atom is -0.341 e. The van der Waals surface area contributed by atoms with Crippen LogP contribution in [-0.4, -0.2) is 6.54 Å². The van der Waals surface area contributed by atoms with Crippen LogP contribution in [-0.2, 0) is 6.42 Å². The first-order valence-electron chi connectivity index (χ1n) is 7.01. The molecule has 2 aromatic carbocycles. The molecule has 0 saturated heterocycles. The van der Waals surface area contributed by atoms with Crippen LogP contribution in [0.5, 0.6) is 0 Å². The lowest BCUT2D eigenvalue weighted by Gasteiger charge is -2.27. The summed E-state index contributed by atoms with van der Waals surface area (Å²) in [4.78, 5) is 2.38. The lowest BCUT2D eigenvalue weighted by molar-refractivity contribution is 0.968. The fraction of sp³-hybridized carbons (Fsp3) is 0.222. The summed E-state index contributed by atoms with van der Waals surface area (Å²) >= 11 is 0. The highest BCUT2D eigenvalue weighted by atomic mass is 15.1. The molecule has 0 fully saturated rings. The lowest BCUT2D eigenvalue weighted by atomic mass is 9.95. The van der Waals surface area contributed by atoms with Gasteiger partial charge in [-0.1, -0.05) is 42.5 Å². The Labute approximate surface area is 115 Å². The molecule has 0 atom stereocenters. The Kier molecular flexibility index (Phi) is 3.37. The van der Waals surface area contributed by atoms with E-state index in [2.05, 4.69) is 72.5 Å². The van der Waals surface area contributed by atoms with Gasteiger partial charge in [0.25, 0.3) is 0 Å². The molecule has 0 heterocycles. The molecule has 1 heteroatoms. The molecule has 96 valence electrons. The fourth-order valence-corrected chi connectivity index (χ4v) is 2.79. The van der Waals surface area contributed by atoms with Crippen molar-refractivity contribution in [2.75, 3.05) is 11.4 Å². The van der Waals surface area contributed by atoms with Crippen molar-refractivity contribution in [1.29, 1.82) is 0 Å². The Morgan fingerprint density at radius 2 is 1.84 bits per heavy atom. The second-order valence-corrected chi connectivity index (χ2v) is 4.87. The average molecular weight is 249 g/mol. The minimum absolute atomic E-state index is 0.980. The summed E-state index contributed by atoms with van der Waals surface area (Å²) in [5.41, 5.74) is 5.44. The van der Waals surface area contributed by atoms with Crippen molar-refractivity contribution in [2.45, 2.75) is 19.8 Å². The summed E-state index contributed by atoms with van der Waals surface area (Å²) in [5.74, 6) is 0. The van der Waals surface area contributed by atoms with Gasteiger partial charge < -0.3 is 4.90 Å². The molecule has 1 aliphatic carbocycles. The molecule has 0 radical (unpaired) electrons. The van der Waals surface area contributed by atoms with E-state index >= 15 is 0 Å². The SMILES string of the molecule is CCN(c1ccccc1)c1cccc2c1C=CCC2. The number of aryl methyl sites for hydroxylation is 1. The van der Waals surface area contributed by atoms with Crippen molar-refractivity contribution in [3.05, 3.63) is 65.7 Å². The predicted octanol–water partition coefficient (Wildman–Crippen LogP) is 4.80. The molecule has 0 bridgehead atoms. The first-order chi connectivity index (χ1) is 9.40. The number of para-hydroxylation sites is 1. The van der Waals surface area contributed by atoms with Crippen LogP contribution in [0, 0.1) is 0 Å². The van der Waals surface area contributed by atoms with E-state index < -0.39 is 0 Å². The quantitative estimate of drug-likeness (QED) is 0.755. The van der Waals surface area contributed by atoms with Crippen LogP contribution >= 0.6 is 0 Å². The molecule has 0 amide bonds. The molecule has 3 rings (SSSR count). The number of hydrogen-bond donors (Lipinski definition) is 0. The zero-order valence-electron chi connectivity index (χ0n) is 11.3. The lowest BCUT2D eigenvalue weighted by Crippen LogP contribution is -2.17. The first kappa shape index (κ1) is 12.0. The van der Waals surface area contributed by atoms with Gasteiger partial charge in [-0.15, -0.1) is 0 Å². The second-order valence-electron chi connectivity index (χ2n) is 4.87. The number of hydrogen-bond acceptors (Lipinski definition) is 1. The van der Waals surface area contributed by atoms with E-state index in [0.717, 1.165) is 19.4 Å². The van der Waals surface area contributed by atoms with Crippen molar-refractivity contribution in [3.63, 3.8) is 0 Å². The Morgan fingerprint density at radius 3 is 2.63 bits per heavy atom. The van der Waals surface area contributed by atoms with Crippen LogP contribution in [0.4, 0.5) is 11.4 Å². The van der Waals surface area contributed by atoms with Gasteiger partial charge in [-0.05, 0) is 43.5 Å². The minimum atomic E-state index is 0.980. The summed E-state index contributed by atoms with van der Waals surface area (Å²) in [6, 6.07) is 17.3. The van der Waals surface area contributed by atoms with Gasteiger partial charge in [0.05, 0.1) is 0 Å². The Balaban J connectivity index is 2.08. The highest BCUT2D eigenvalue weighted by molar-refractivity contribution is 5.76. The largest absolute Gasteiger partial charge is 0.341 e.